The van der Waals surface area contributed by atoms with Gasteiger partial charge in [-0.15, -0.1) is 0 Å². The minimum atomic E-state index is 0.289. The zero-order chi connectivity index (χ0) is 10.5. The molecule has 0 unspecified atom stereocenters. The van der Waals surface area contributed by atoms with Gasteiger partial charge in [0, 0.05) is 18.9 Å². The van der Waals surface area contributed by atoms with Crippen molar-refractivity contribution in [2.24, 2.45) is 0 Å². The van der Waals surface area contributed by atoms with Crippen LogP contribution in [0.4, 0.5) is 0 Å². The third kappa shape index (κ3) is 2.64. The summed E-state index contributed by atoms with van der Waals surface area (Å²) in [5.41, 5.74) is 0.756. The lowest BCUT2D eigenvalue weighted by atomic mass is 10.3. The van der Waals surface area contributed by atoms with Gasteiger partial charge in [-0.2, -0.15) is 0 Å². The largest absolute Gasteiger partial charge is 0.480 e. The number of rotatable bonds is 4. The summed E-state index contributed by atoms with van der Waals surface area (Å²) in [7, 11) is 1.59. The monoisotopic (exact) mass is 209 g/mol. The molecule has 1 fully saturated rings. The Morgan fingerprint density at radius 1 is 1.47 bits per heavy atom. The SMILES string of the molecule is COc1nccnc1CO[C@@H]1CCNC1. The Bertz CT molecular complexity index is 313. The van der Waals surface area contributed by atoms with Crippen molar-refractivity contribution in [2.75, 3.05) is 20.2 Å². The minimum absolute atomic E-state index is 0.289. The first-order valence-corrected chi connectivity index (χ1v) is 5.06. The van der Waals surface area contributed by atoms with Gasteiger partial charge in [-0.3, -0.25) is 4.98 Å². The van der Waals surface area contributed by atoms with Gasteiger partial charge in [0.25, 0.3) is 0 Å². The van der Waals surface area contributed by atoms with Crippen LogP contribution in [0.15, 0.2) is 12.4 Å². The van der Waals surface area contributed by atoms with E-state index in [-0.39, 0.29) is 6.10 Å². The van der Waals surface area contributed by atoms with E-state index in [0.29, 0.717) is 12.5 Å². The van der Waals surface area contributed by atoms with E-state index in [9.17, 15) is 0 Å². The number of hydrogen-bond donors (Lipinski definition) is 1. The fourth-order valence-electron chi connectivity index (χ4n) is 1.59. The second kappa shape index (κ2) is 5.04. The van der Waals surface area contributed by atoms with E-state index in [4.69, 9.17) is 9.47 Å². The first-order chi connectivity index (χ1) is 7.40. The van der Waals surface area contributed by atoms with E-state index in [2.05, 4.69) is 15.3 Å². The Morgan fingerprint density at radius 2 is 2.33 bits per heavy atom. The lowest BCUT2D eigenvalue weighted by molar-refractivity contribution is 0.0506. The first kappa shape index (κ1) is 10.3. The molecule has 0 bridgehead atoms. The van der Waals surface area contributed by atoms with Gasteiger partial charge in [0.15, 0.2) is 0 Å². The molecule has 1 aromatic rings. The third-order valence-corrected chi connectivity index (χ3v) is 2.40. The number of ether oxygens (including phenoxy) is 2. The van der Waals surface area contributed by atoms with Crippen LogP contribution in [-0.2, 0) is 11.3 Å². The number of aromatic nitrogens is 2. The van der Waals surface area contributed by atoms with Crippen LogP contribution >= 0.6 is 0 Å². The van der Waals surface area contributed by atoms with Gasteiger partial charge in [-0.25, -0.2) is 4.98 Å². The molecule has 1 aliphatic rings. The Morgan fingerprint density at radius 3 is 3.07 bits per heavy atom. The average molecular weight is 209 g/mol. The van der Waals surface area contributed by atoms with Crippen LogP contribution in [0.25, 0.3) is 0 Å². The van der Waals surface area contributed by atoms with Crippen molar-refractivity contribution in [2.45, 2.75) is 19.1 Å². The summed E-state index contributed by atoms with van der Waals surface area (Å²) in [6, 6.07) is 0. The zero-order valence-corrected chi connectivity index (χ0v) is 8.77. The summed E-state index contributed by atoms with van der Waals surface area (Å²) < 4.78 is 10.8. The summed E-state index contributed by atoms with van der Waals surface area (Å²) >= 11 is 0. The van der Waals surface area contributed by atoms with E-state index in [1.807, 2.05) is 0 Å². The van der Waals surface area contributed by atoms with E-state index < -0.39 is 0 Å². The maximum Gasteiger partial charge on any atom is 0.237 e. The van der Waals surface area contributed by atoms with Crippen LogP contribution in [0.3, 0.4) is 0 Å². The van der Waals surface area contributed by atoms with Crippen molar-refractivity contribution in [3.05, 3.63) is 18.1 Å². The third-order valence-electron chi connectivity index (χ3n) is 2.40. The summed E-state index contributed by atoms with van der Waals surface area (Å²) in [4.78, 5) is 8.24. The number of nitrogens with zero attached hydrogens (tertiary/aromatic N) is 2. The second-order valence-electron chi connectivity index (χ2n) is 3.44. The van der Waals surface area contributed by atoms with Gasteiger partial charge in [0.05, 0.1) is 19.8 Å². The highest BCUT2D eigenvalue weighted by atomic mass is 16.5. The van der Waals surface area contributed by atoms with Crippen LogP contribution < -0.4 is 10.1 Å². The van der Waals surface area contributed by atoms with Crippen molar-refractivity contribution in [1.29, 1.82) is 0 Å². The Balaban J connectivity index is 1.91. The van der Waals surface area contributed by atoms with E-state index in [0.717, 1.165) is 25.2 Å². The van der Waals surface area contributed by atoms with Gasteiger partial charge in [-0.05, 0) is 13.0 Å². The first-order valence-electron chi connectivity index (χ1n) is 5.06. The molecule has 1 aliphatic heterocycles. The fourth-order valence-corrected chi connectivity index (χ4v) is 1.59. The summed E-state index contributed by atoms with van der Waals surface area (Å²) in [6.45, 7) is 2.41. The van der Waals surface area contributed by atoms with Gasteiger partial charge < -0.3 is 14.8 Å². The maximum absolute atomic E-state index is 5.69. The Kier molecular flexibility index (Phi) is 3.47. The summed E-state index contributed by atoms with van der Waals surface area (Å²) in [6.07, 6.45) is 4.60. The molecule has 0 aliphatic carbocycles. The highest BCUT2D eigenvalue weighted by Crippen LogP contribution is 2.14. The average Bonchev–Trinajstić information content (AvgIpc) is 2.79. The van der Waals surface area contributed by atoms with Crippen LogP contribution in [0.5, 0.6) is 5.88 Å². The molecular formula is C10H15N3O2. The molecule has 1 saturated heterocycles. The number of methoxy groups -OCH3 is 1. The number of hydrogen-bond acceptors (Lipinski definition) is 5. The Labute approximate surface area is 88.8 Å². The van der Waals surface area contributed by atoms with Crippen molar-refractivity contribution in [3.8, 4) is 5.88 Å². The number of nitrogens with one attached hydrogen (secondary N) is 1. The van der Waals surface area contributed by atoms with Gasteiger partial charge in [0.1, 0.15) is 5.69 Å². The molecule has 0 amide bonds. The predicted octanol–water partition coefficient (Wildman–Crippen LogP) is 0.364. The highest BCUT2D eigenvalue weighted by molar-refractivity contribution is 5.15. The van der Waals surface area contributed by atoms with Crippen molar-refractivity contribution in [1.82, 2.24) is 15.3 Å². The maximum atomic E-state index is 5.69. The summed E-state index contributed by atoms with van der Waals surface area (Å²) in [5.74, 6) is 0.545. The molecule has 0 aromatic carbocycles. The second-order valence-corrected chi connectivity index (χ2v) is 3.44. The van der Waals surface area contributed by atoms with E-state index in [1.165, 1.54) is 0 Å². The normalized spacial score (nSPS) is 20.5. The minimum Gasteiger partial charge on any atom is -0.480 e. The summed E-state index contributed by atoms with van der Waals surface area (Å²) in [5, 5.41) is 3.24. The van der Waals surface area contributed by atoms with Crippen LogP contribution in [0.2, 0.25) is 0 Å². The molecule has 1 atom stereocenters. The molecule has 5 heteroatoms. The van der Waals surface area contributed by atoms with Crippen LogP contribution in [0, 0.1) is 0 Å². The predicted molar refractivity (Wildman–Crippen MR) is 54.6 cm³/mol. The molecule has 0 saturated carbocycles. The molecule has 1 N–H and O–H groups in total. The quantitative estimate of drug-likeness (QED) is 0.776. The smallest absolute Gasteiger partial charge is 0.237 e. The van der Waals surface area contributed by atoms with Crippen LogP contribution in [0.1, 0.15) is 12.1 Å². The van der Waals surface area contributed by atoms with Crippen molar-refractivity contribution in [3.63, 3.8) is 0 Å². The highest BCUT2D eigenvalue weighted by Gasteiger charge is 2.16. The molecular weight excluding hydrogens is 194 g/mol. The molecule has 82 valence electrons. The van der Waals surface area contributed by atoms with Crippen molar-refractivity contribution >= 4 is 0 Å². The molecule has 0 spiro atoms. The molecule has 2 rings (SSSR count). The van der Waals surface area contributed by atoms with Crippen LogP contribution in [-0.4, -0.2) is 36.3 Å². The zero-order valence-electron chi connectivity index (χ0n) is 8.77. The van der Waals surface area contributed by atoms with Crippen molar-refractivity contribution < 1.29 is 9.47 Å². The topological polar surface area (TPSA) is 56.3 Å². The molecule has 2 heterocycles. The molecule has 1 aromatic heterocycles. The van der Waals surface area contributed by atoms with E-state index in [1.54, 1.807) is 19.5 Å². The van der Waals surface area contributed by atoms with Gasteiger partial charge in [-0.1, -0.05) is 0 Å². The molecule has 5 nitrogen and oxygen atoms in total. The molecule has 0 radical (unpaired) electrons. The van der Waals surface area contributed by atoms with Gasteiger partial charge >= 0.3 is 0 Å². The van der Waals surface area contributed by atoms with E-state index >= 15 is 0 Å². The lowest BCUT2D eigenvalue weighted by Crippen LogP contribution is -2.17. The lowest BCUT2D eigenvalue weighted by Gasteiger charge is -2.11. The van der Waals surface area contributed by atoms with Gasteiger partial charge in [0.2, 0.25) is 5.88 Å². The standard InChI is InChI=1S/C10H15N3O2/c1-14-10-9(12-4-5-13-10)7-15-8-2-3-11-6-8/h4-5,8,11H,2-3,6-7H2,1H3/t8-/m1/s1. The Hall–Kier alpha value is -1.20. The molecule has 15 heavy (non-hydrogen) atoms. The fraction of sp³-hybridized carbons (Fsp3) is 0.600.